The highest BCUT2D eigenvalue weighted by Crippen LogP contribution is 2.56. The number of imide groups is 1. The third-order valence-corrected chi connectivity index (χ3v) is 8.73. The predicted octanol–water partition coefficient (Wildman–Crippen LogP) is 2.14. The Morgan fingerprint density at radius 3 is 2.66 bits per heavy atom. The lowest BCUT2D eigenvalue weighted by Gasteiger charge is -2.61. The number of aryl methyl sites for hydroxylation is 1. The number of likely N-dealkylation sites (tertiary alicyclic amines) is 1. The maximum absolute atomic E-state index is 12.7. The number of carbonyl (C=O) groups excluding carboxylic acids is 2. The zero-order valence-electron chi connectivity index (χ0n) is 21.7. The Labute approximate surface area is 209 Å². The molecule has 2 saturated heterocycles. The molecule has 1 aromatic rings. The first-order valence-corrected chi connectivity index (χ1v) is 12.9. The third kappa shape index (κ3) is 5.26. The van der Waals surface area contributed by atoms with E-state index < -0.39 is 11.0 Å². The van der Waals surface area contributed by atoms with Crippen molar-refractivity contribution in [2.24, 2.45) is 17.6 Å². The predicted molar refractivity (Wildman–Crippen MR) is 135 cm³/mol. The Morgan fingerprint density at radius 1 is 1.29 bits per heavy atom. The molecule has 4 N–H and O–H groups in total. The average Bonchev–Trinajstić information content (AvgIpc) is 2.88. The van der Waals surface area contributed by atoms with E-state index >= 15 is 0 Å². The molecule has 8 heteroatoms. The van der Waals surface area contributed by atoms with E-state index in [9.17, 15) is 14.7 Å². The highest BCUT2D eigenvalue weighted by molar-refractivity contribution is 5.88. The van der Waals surface area contributed by atoms with Gasteiger partial charge in [0, 0.05) is 37.1 Å². The van der Waals surface area contributed by atoms with E-state index in [0.29, 0.717) is 31.6 Å². The van der Waals surface area contributed by atoms with Gasteiger partial charge in [-0.25, -0.2) is 0 Å². The van der Waals surface area contributed by atoms with Gasteiger partial charge in [0.1, 0.15) is 5.75 Å². The molecule has 3 fully saturated rings. The van der Waals surface area contributed by atoms with Crippen molar-refractivity contribution in [3.05, 3.63) is 29.3 Å². The molecule has 0 bridgehead atoms. The van der Waals surface area contributed by atoms with Gasteiger partial charge in [-0.15, -0.1) is 0 Å². The Hall–Kier alpha value is -2.00. The molecule has 0 aromatic heterocycles. The van der Waals surface area contributed by atoms with Gasteiger partial charge in [0.25, 0.3) is 0 Å². The van der Waals surface area contributed by atoms with Crippen LogP contribution in [0.2, 0.25) is 0 Å². The second-order valence-electron chi connectivity index (χ2n) is 10.2. The number of nitrogens with one attached hydrogen (secondary N) is 1. The van der Waals surface area contributed by atoms with Crippen LogP contribution >= 0.6 is 0 Å². The van der Waals surface area contributed by atoms with Crippen LogP contribution in [0.1, 0.15) is 56.6 Å². The number of hydrogen-bond donors (Lipinski definition) is 3. The number of benzene rings is 1. The molecule has 196 valence electrons. The summed E-state index contributed by atoms with van der Waals surface area (Å²) in [6.45, 7) is 7.68. The van der Waals surface area contributed by atoms with Gasteiger partial charge in [-0.2, -0.15) is 0 Å². The second-order valence-corrected chi connectivity index (χ2v) is 10.2. The molecule has 1 aliphatic carbocycles. The summed E-state index contributed by atoms with van der Waals surface area (Å²) in [5.41, 5.74) is 5.09. The minimum atomic E-state index is -0.981. The standard InChI is InChI=1S/C26H38N2O5.CH5N/c1-18-4-5-22(32-3)14-23(18)25-10-11-28(16-20-7-12-33-13-8-20)19(2)26(25,31)9-6-21(15-25)24(30)27-17-29;1-2/h4-5,14,17,19-21,31H,6-13,15-16H2,1-3H3,(H,27,29,30);2H2,1H3. The van der Waals surface area contributed by atoms with Crippen molar-refractivity contribution in [2.45, 2.75) is 69.4 Å². The van der Waals surface area contributed by atoms with Crippen LogP contribution in [0, 0.1) is 18.8 Å². The summed E-state index contributed by atoms with van der Waals surface area (Å²) in [7, 11) is 3.15. The number of amides is 2. The maximum atomic E-state index is 12.7. The van der Waals surface area contributed by atoms with E-state index in [1.807, 2.05) is 18.2 Å². The lowest BCUT2D eigenvalue weighted by Crippen LogP contribution is -2.70. The van der Waals surface area contributed by atoms with Crippen LogP contribution in [-0.4, -0.2) is 74.4 Å². The highest BCUT2D eigenvalue weighted by atomic mass is 16.5. The normalized spacial score (nSPS) is 31.5. The first-order chi connectivity index (χ1) is 16.8. The fourth-order valence-electron chi connectivity index (χ4n) is 6.72. The third-order valence-electron chi connectivity index (χ3n) is 8.73. The number of ether oxygens (including phenoxy) is 2. The Kier molecular flexibility index (Phi) is 9.32. The molecule has 1 saturated carbocycles. The quantitative estimate of drug-likeness (QED) is 0.525. The van der Waals surface area contributed by atoms with Crippen molar-refractivity contribution in [2.75, 3.05) is 40.5 Å². The van der Waals surface area contributed by atoms with Crippen LogP contribution in [-0.2, 0) is 19.7 Å². The van der Waals surface area contributed by atoms with Gasteiger partial charge >= 0.3 is 0 Å². The maximum Gasteiger partial charge on any atom is 0.229 e. The van der Waals surface area contributed by atoms with E-state index in [0.717, 1.165) is 62.4 Å². The van der Waals surface area contributed by atoms with Crippen LogP contribution < -0.4 is 15.8 Å². The van der Waals surface area contributed by atoms with Crippen molar-refractivity contribution in [3.8, 4) is 5.75 Å². The second kappa shape index (κ2) is 11.8. The molecule has 4 rings (SSSR count). The van der Waals surface area contributed by atoms with Crippen molar-refractivity contribution in [1.82, 2.24) is 10.2 Å². The van der Waals surface area contributed by atoms with Crippen molar-refractivity contribution >= 4 is 12.3 Å². The molecule has 2 aliphatic heterocycles. The molecule has 1 aromatic carbocycles. The van der Waals surface area contributed by atoms with Crippen LogP contribution in [0.15, 0.2) is 18.2 Å². The molecule has 4 unspecified atom stereocenters. The van der Waals surface area contributed by atoms with Crippen molar-refractivity contribution in [1.29, 1.82) is 0 Å². The van der Waals surface area contributed by atoms with E-state index in [4.69, 9.17) is 9.47 Å². The number of piperidine rings is 1. The number of nitrogens with zero attached hydrogens (tertiary/aromatic N) is 1. The van der Waals surface area contributed by atoms with Gasteiger partial charge in [0.05, 0.1) is 12.7 Å². The molecule has 2 heterocycles. The molecule has 2 amide bonds. The molecular formula is C27H43N3O5. The minimum absolute atomic E-state index is 0.0465. The number of carbonyl (C=O) groups is 2. The fourth-order valence-corrected chi connectivity index (χ4v) is 6.72. The molecule has 35 heavy (non-hydrogen) atoms. The molecule has 3 aliphatic rings. The van der Waals surface area contributed by atoms with Crippen LogP contribution in [0.4, 0.5) is 0 Å². The number of rotatable bonds is 6. The summed E-state index contributed by atoms with van der Waals surface area (Å²) < 4.78 is 11.1. The highest BCUT2D eigenvalue weighted by Gasteiger charge is 2.61. The Balaban J connectivity index is 0.00000167. The minimum Gasteiger partial charge on any atom is -0.497 e. The van der Waals surface area contributed by atoms with Gasteiger partial charge in [0.15, 0.2) is 0 Å². The summed E-state index contributed by atoms with van der Waals surface area (Å²) in [4.78, 5) is 26.1. The van der Waals surface area contributed by atoms with Crippen molar-refractivity contribution < 1.29 is 24.2 Å². The number of fused-ring (bicyclic) bond motifs is 1. The zero-order valence-corrected chi connectivity index (χ0v) is 21.7. The summed E-state index contributed by atoms with van der Waals surface area (Å²) in [5.74, 6) is 0.786. The van der Waals surface area contributed by atoms with Gasteiger partial charge < -0.3 is 20.3 Å². The Morgan fingerprint density at radius 2 is 2.00 bits per heavy atom. The number of nitrogens with two attached hydrogens (primary N) is 1. The summed E-state index contributed by atoms with van der Waals surface area (Å²) in [6.07, 6.45) is 4.96. The number of aliphatic hydroxyl groups is 1. The van der Waals surface area contributed by atoms with Crippen LogP contribution in [0.3, 0.4) is 0 Å². The molecule has 4 atom stereocenters. The monoisotopic (exact) mass is 489 g/mol. The fraction of sp³-hybridized carbons (Fsp3) is 0.704. The summed E-state index contributed by atoms with van der Waals surface area (Å²) >= 11 is 0. The summed E-state index contributed by atoms with van der Waals surface area (Å²) in [5, 5.41) is 14.8. The summed E-state index contributed by atoms with van der Waals surface area (Å²) in [6, 6.07) is 5.98. The van der Waals surface area contributed by atoms with Gasteiger partial charge in [0.2, 0.25) is 12.3 Å². The largest absolute Gasteiger partial charge is 0.497 e. The lowest BCUT2D eigenvalue weighted by atomic mass is 9.51. The molecule has 0 radical (unpaired) electrons. The van der Waals surface area contributed by atoms with E-state index in [1.165, 1.54) is 7.05 Å². The molecule has 8 nitrogen and oxygen atoms in total. The lowest BCUT2D eigenvalue weighted by molar-refractivity contribution is -0.169. The number of hydrogen-bond acceptors (Lipinski definition) is 7. The van der Waals surface area contributed by atoms with E-state index in [1.54, 1.807) is 7.11 Å². The SMILES string of the molecule is CN.COc1ccc(C)c(C23CCN(CC4CCOCC4)C(C)C2(O)CCC(C(=O)NC=O)C3)c1. The smallest absolute Gasteiger partial charge is 0.229 e. The van der Waals surface area contributed by atoms with E-state index in [-0.39, 0.29) is 17.9 Å². The Bertz CT molecular complexity index is 874. The first-order valence-electron chi connectivity index (χ1n) is 12.9. The topological polar surface area (TPSA) is 114 Å². The van der Waals surface area contributed by atoms with Crippen LogP contribution in [0.5, 0.6) is 5.75 Å². The van der Waals surface area contributed by atoms with Crippen LogP contribution in [0.25, 0.3) is 0 Å². The molecule has 0 spiro atoms. The van der Waals surface area contributed by atoms with Gasteiger partial charge in [-0.05, 0) is 95.1 Å². The molecular weight excluding hydrogens is 446 g/mol. The van der Waals surface area contributed by atoms with Crippen molar-refractivity contribution in [3.63, 3.8) is 0 Å². The first kappa shape index (κ1) is 27.6. The van der Waals surface area contributed by atoms with Gasteiger partial charge in [-0.1, -0.05) is 6.07 Å². The zero-order chi connectivity index (χ0) is 25.6. The van der Waals surface area contributed by atoms with Gasteiger partial charge in [-0.3, -0.25) is 19.8 Å². The average molecular weight is 490 g/mol. The number of methoxy groups -OCH3 is 1. The van der Waals surface area contributed by atoms with E-state index in [2.05, 4.69) is 29.8 Å².